The van der Waals surface area contributed by atoms with Crippen LogP contribution in [0.15, 0.2) is 42.9 Å². The standard InChI is InChI=1S/C17H20N4O5.2Na.2H/c22-15(21-14(17(25)26)7-12-8-18-10-20-12)9-19-13(16(23)24)6-11-4-2-1-3-5-11;;;;/h1-5,8,10,13-14,19H,6-7,9H2,(H,18,20)(H,21,22)(H,23,24)(H,25,26);;;;/q;2*+1;2*-1/t13?,14-;;;;/m0..../s1. The van der Waals surface area contributed by atoms with Crippen LogP contribution in [-0.4, -0.2) is 56.7 Å². The Balaban J connectivity index is -0.00000182. The van der Waals surface area contributed by atoms with Crippen molar-refractivity contribution in [2.75, 3.05) is 6.54 Å². The van der Waals surface area contributed by atoms with Gasteiger partial charge in [-0.2, -0.15) is 0 Å². The molecule has 0 aliphatic carbocycles. The van der Waals surface area contributed by atoms with Crippen LogP contribution >= 0.6 is 0 Å². The molecular weight excluding hydrogens is 386 g/mol. The quantitative estimate of drug-likeness (QED) is 0.246. The molecule has 28 heavy (non-hydrogen) atoms. The minimum Gasteiger partial charge on any atom is -1.00 e. The van der Waals surface area contributed by atoms with Crippen LogP contribution < -0.4 is 69.7 Å². The smallest absolute Gasteiger partial charge is 1.00 e. The van der Waals surface area contributed by atoms with E-state index in [9.17, 15) is 24.6 Å². The van der Waals surface area contributed by atoms with Gasteiger partial charge in [-0.15, -0.1) is 0 Å². The third-order valence-electron chi connectivity index (χ3n) is 3.70. The third-order valence-corrected chi connectivity index (χ3v) is 3.70. The Kier molecular flexibility index (Phi) is 13.3. The number of carbonyl (C=O) groups is 3. The zero-order valence-corrected chi connectivity index (χ0v) is 19.9. The van der Waals surface area contributed by atoms with Crippen LogP contribution in [0, 0.1) is 0 Å². The number of rotatable bonds is 10. The number of nitrogens with zero attached hydrogens (tertiary/aromatic N) is 1. The summed E-state index contributed by atoms with van der Waals surface area (Å²) in [5.41, 5.74) is 1.38. The van der Waals surface area contributed by atoms with E-state index in [2.05, 4.69) is 20.6 Å². The normalized spacial score (nSPS) is 12.0. The molecule has 0 aliphatic rings. The van der Waals surface area contributed by atoms with Crippen LogP contribution in [0.25, 0.3) is 0 Å². The molecule has 1 aromatic carbocycles. The molecule has 142 valence electrons. The van der Waals surface area contributed by atoms with E-state index in [1.54, 1.807) is 24.3 Å². The van der Waals surface area contributed by atoms with Gasteiger partial charge in [0, 0.05) is 18.3 Å². The van der Waals surface area contributed by atoms with Crippen molar-refractivity contribution in [2.24, 2.45) is 0 Å². The first-order valence-electron chi connectivity index (χ1n) is 7.95. The minimum absolute atomic E-state index is 0. The van der Waals surface area contributed by atoms with Gasteiger partial charge in [-0.1, -0.05) is 30.3 Å². The average Bonchev–Trinajstić information content (AvgIpc) is 3.11. The van der Waals surface area contributed by atoms with E-state index in [1.165, 1.54) is 12.5 Å². The zero-order valence-electron chi connectivity index (χ0n) is 17.9. The summed E-state index contributed by atoms with van der Waals surface area (Å²) in [5, 5.41) is 23.5. The number of carbonyl (C=O) groups excluding carboxylic acids is 1. The minimum atomic E-state index is -1.19. The van der Waals surface area contributed by atoms with E-state index in [1.807, 2.05) is 6.07 Å². The van der Waals surface area contributed by atoms with Crippen molar-refractivity contribution in [3.8, 4) is 0 Å². The van der Waals surface area contributed by atoms with Crippen LogP contribution in [0.1, 0.15) is 14.1 Å². The molecule has 2 aromatic rings. The second kappa shape index (κ2) is 13.9. The van der Waals surface area contributed by atoms with Crippen LogP contribution in [0.3, 0.4) is 0 Å². The summed E-state index contributed by atoms with van der Waals surface area (Å²) >= 11 is 0. The number of hydrogen-bond donors (Lipinski definition) is 5. The Morgan fingerprint density at radius 2 is 1.68 bits per heavy atom. The van der Waals surface area contributed by atoms with E-state index in [0.717, 1.165) is 5.56 Å². The molecule has 1 unspecified atom stereocenters. The topological polar surface area (TPSA) is 144 Å². The maximum Gasteiger partial charge on any atom is 1.00 e. The van der Waals surface area contributed by atoms with Gasteiger partial charge in [-0.05, 0) is 12.0 Å². The van der Waals surface area contributed by atoms with E-state index in [-0.39, 0.29) is 81.4 Å². The molecule has 0 saturated heterocycles. The Hall–Kier alpha value is -1.20. The van der Waals surface area contributed by atoms with Gasteiger partial charge in [0.15, 0.2) is 0 Å². The molecule has 0 radical (unpaired) electrons. The molecule has 1 heterocycles. The van der Waals surface area contributed by atoms with Crippen LogP contribution in [0.4, 0.5) is 0 Å². The molecule has 11 heteroatoms. The monoisotopic (exact) mass is 408 g/mol. The maximum absolute atomic E-state index is 12.0. The van der Waals surface area contributed by atoms with Gasteiger partial charge in [0.25, 0.3) is 0 Å². The Labute approximate surface area is 209 Å². The van der Waals surface area contributed by atoms with Crippen molar-refractivity contribution in [1.82, 2.24) is 20.6 Å². The van der Waals surface area contributed by atoms with Gasteiger partial charge < -0.3 is 23.4 Å². The van der Waals surface area contributed by atoms with Gasteiger partial charge in [0.1, 0.15) is 12.1 Å². The predicted molar refractivity (Wildman–Crippen MR) is 93.7 cm³/mol. The molecule has 0 bridgehead atoms. The van der Waals surface area contributed by atoms with Crippen molar-refractivity contribution in [3.05, 3.63) is 54.1 Å². The number of imidazole rings is 1. The molecule has 0 fully saturated rings. The number of aliphatic carboxylic acids is 2. The number of aromatic amines is 1. The van der Waals surface area contributed by atoms with Gasteiger partial charge >= 0.3 is 71.1 Å². The summed E-state index contributed by atoms with van der Waals surface area (Å²) in [7, 11) is 0. The second-order valence-corrected chi connectivity index (χ2v) is 5.70. The number of carboxylic acids is 2. The summed E-state index contributed by atoms with van der Waals surface area (Å²) in [6, 6.07) is 6.92. The SMILES string of the molecule is O=C(CNC(Cc1ccccc1)C(=O)O)N[C@@H](Cc1cnc[nH]1)C(=O)O.[H-].[H-].[Na+].[Na+]. The van der Waals surface area contributed by atoms with Crippen molar-refractivity contribution >= 4 is 17.8 Å². The summed E-state index contributed by atoms with van der Waals surface area (Å²) in [6.07, 6.45) is 3.15. The Bertz CT molecular complexity index is 754. The fourth-order valence-corrected chi connectivity index (χ4v) is 2.37. The van der Waals surface area contributed by atoms with Gasteiger partial charge in [0.2, 0.25) is 5.91 Å². The fourth-order valence-electron chi connectivity index (χ4n) is 2.37. The molecular formula is C17H22N4Na2O5. The number of carboxylic acid groups (broad SMARTS) is 2. The molecule has 0 spiro atoms. The average molecular weight is 408 g/mol. The largest absolute Gasteiger partial charge is 1.00 e. The first-order valence-corrected chi connectivity index (χ1v) is 7.95. The summed E-state index contributed by atoms with van der Waals surface area (Å²) in [6.45, 7) is -0.309. The molecule has 2 atom stereocenters. The maximum atomic E-state index is 12.0. The summed E-state index contributed by atoms with van der Waals surface area (Å²) < 4.78 is 0. The number of hydrogen-bond acceptors (Lipinski definition) is 5. The fraction of sp³-hybridized carbons (Fsp3) is 0.294. The number of nitrogens with one attached hydrogen (secondary N) is 3. The molecule has 0 saturated carbocycles. The van der Waals surface area contributed by atoms with E-state index < -0.39 is 29.9 Å². The Morgan fingerprint density at radius 1 is 1.04 bits per heavy atom. The van der Waals surface area contributed by atoms with Gasteiger partial charge in [-0.25, -0.2) is 9.78 Å². The molecule has 1 amide bonds. The number of benzene rings is 1. The number of amides is 1. The van der Waals surface area contributed by atoms with E-state index >= 15 is 0 Å². The molecule has 0 aliphatic heterocycles. The Morgan fingerprint density at radius 3 is 2.21 bits per heavy atom. The second-order valence-electron chi connectivity index (χ2n) is 5.70. The van der Waals surface area contributed by atoms with Crippen LogP contribution in [0.2, 0.25) is 0 Å². The molecule has 2 rings (SSSR count). The van der Waals surface area contributed by atoms with Crippen molar-refractivity contribution in [1.29, 1.82) is 0 Å². The van der Waals surface area contributed by atoms with Gasteiger partial charge in [-0.3, -0.25) is 14.9 Å². The van der Waals surface area contributed by atoms with E-state index in [4.69, 9.17) is 0 Å². The molecule has 9 nitrogen and oxygen atoms in total. The van der Waals surface area contributed by atoms with Crippen LogP contribution in [0.5, 0.6) is 0 Å². The van der Waals surface area contributed by atoms with E-state index in [0.29, 0.717) is 5.69 Å². The van der Waals surface area contributed by atoms with Gasteiger partial charge in [0.05, 0.1) is 12.9 Å². The van der Waals surface area contributed by atoms with Crippen molar-refractivity contribution in [3.63, 3.8) is 0 Å². The van der Waals surface area contributed by atoms with Crippen LogP contribution in [-0.2, 0) is 27.2 Å². The first-order chi connectivity index (χ1) is 12.5. The molecule has 5 N–H and O–H groups in total. The zero-order chi connectivity index (χ0) is 18.9. The number of aromatic nitrogens is 2. The summed E-state index contributed by atoms with van der Waals surface area (Å²) in [5.74, 6) is -2.88. The molecule has 1 aromatic heterocycles. The third kappa shape index (κ3) is 9.33. The first kappa shape index (κ1) is 26.8. The predicted octanol–water partition coefficient (Wildman–Crippen LogP) is -5.96. The summed E-state index contributed by atoms with van der Waals surface area (Å²) in [4.78, 5) is 41.2. The number of H-pyrrole nitrogens is 1. The van der Waals surface area contributed by atoms with Crippen molar-refractivity contribution < 1.29 is 86.6 Å². The van der Waals surface area contributed by atoms with Crippen molar-refractivity contribution in [2.45, 2.75) is 24.9 Å².